The highest BCUT2D eigenvalue weighted by Gasteiger charge is 2.11. The number of hydrogen-bond donors (Lipinski definition) is 4. The summed E-state index contributed by atoms with van der Waals surface area (Å²) < 4.78 is 0. The van der Waals surface area contributed by atoms with Gasteiger partial charge in [-0.2, -0.15) is 0 Å². The Morgan fingerprint density at radius 2 is 1.83 bits per heavy atom. The standard InChI is InChI=1S/C5H10N2O3.CH4O/c6-3(5(9)10)1-2-4(7)8;1-2/h3H,1-2,6H2,(H2,7,8)(H,9,10);2H,1H3/t3-;/m0./s1. The molecule has 72 valence electrons. The molecule has 0 bridgehead atoms. The molecular weight excluding hydrogens is 164 g/mol. The molecule has 0 saturated carbocycles. The molecule has 0 radical (unpaired) electrons. The minimum Gasteiger partial charge on any atom is -0.480 e. The molecule has 1 atom stereocenters. The van der Waals surface area contributed by atoms with Crippen molar-refractivity contribution in [2.75, 3.05) is 7.11 Å². The first kappa shape index (κ1) is 13.4. The molecule has 1 amide bonds. The van der Waals surface area contributed by atoms with Gasteiger partial charge in [0.05, 0.1) is 0 Å². The van der Waals surface area contributed by atoms with Crippen LogP contribution in [-0.2, 0) is 9.59 Å². The van der Waals surface area contributed by atoms with E-state index in [2.05, 4.69) is 0 Å². The van der Waals surface area contributed by atoms with Crippen LogP contribution < -0.4 is 11.5 Å². The van der Waals surface area contributed by atoms with Crippen molar-refractivity contribution < 1.29 is 19.8 Å². The minimum atomic E-state index is -1.11. The second-order valence-corrected chi connectivity index (χ2v) is 1.95. The number of nitrogens with two attached hydrogens (primary N) is 2. The fourth-order valence-corrected chi connectivity index (χ4v) is 0.421. The summed E-state index contributed by atoms with van der Waals surface area (Å²) in [7, 11) is 1.00. The predicted octanol–water partition coefficient (Wildman–Crippen LogP) is -1.73. The largest absolute Gasteiger partial charge is 0.480 e. The molecular formula is C6H14N2O4. The summed E-state index contributed by atoms with van der Waals surface area (Å²) in [6.07, 6.45) is 0.123. The Balaban J connectivity index is 0. The summed E-state index contributed by atoms with van der Waals surface area (Å²) in [6, 6.07) is -0.979. The summed E-state index contributed by atoms with van der Waals surface area (Å²) in [6.45, 7) is 0. The number of carbonyl (C=O) groups excluding carboxylic acids is 1. The van der Waals surface area contributed by atoms with E-state index < -0.39 is 17.9 Å². The average Bonchev–Trinajstić information content (AvgIpc) is 2.03. The van der Waals surface area contributed by atoms with E-state index in [-0.39, 0.29) is 12.8 Å². The van der Waals surface area contributed by atoms with E-state index >= 15 is 0 Å². The van der Waals surface area contributed by atoms with Gasteiger partial charge in [0.2, 0.25) is 5.91 Å². The lowest BCUT2D eigenvalue weighted by Crippen LogP contribution is -2.31. The number of aliphatic hydroxyl groups excluding tert-OH is 1. The van der Waals surface area contributed by atoms with Crippen molar-refractivity contribution in [2.45, 2.75) is 18.9 Å². The third kappa shape index (κ3) is 8.86. The smallest absolute Gasteiger partial charge is 0.320 e. The van der Waals surface area contributed by atoms with Gasteiger partial charge in [-0.15, -0.1) is 0 Å². The van der Waals surface area contributed by atoms with Gasteiger partial charge >= 0.3 is 5.97 Å². The lowest BCUT2D eigenvalue weighted by molar-refractivity contribution is -0.138. The van der Waals surface area contributed by atoms with Gasteiger partial charge in [0.15, 0.2) is 0 Å². The van der Waals surface area contributed by atoms with Crippen LogP contribution in [-0.4, -0.2) is 35.2 Å². The van der Waals surface area contributed by atoms with Crippen molar-refractivity contribution in [3.05, 3.63) is 0 Å². The van der Waals surface area contributed by atoms with Gasteiger partial charge in [-0.05, 0) is 6.42 Å². The molecule has 0 heterocycles. The molecule has 0 aliphatic carbocycles. The Hall–Kier alpha value is -1.14. The van der Waals surface area contributed by atoms with Gasteiger partial charge in [-0.1, -0.05) is 0 Å². The Morgan fingerprint density at radius 3 is 2.08 bits per heavy atom. The Bertz CT molecular complexity index is 148. The summed E-state index contributed by atoms with van der Waals surface area (Å²) in [4.78, 5) is 20.1. The van der Waals surface area contributed by atoms with E-state index in [1.165, 1.54) is 0 Å². The van der Waals surface area contributed by atoms with E-state index in [9.17, 15) is 9.59 Å². The molecule has 6 N–H and O–H groups in total. The van der Waals surface area contributed by atoms with Crippen molar-refractivity contribution in [2.24, 2.45) is 11.5 Å². The van der Waals surface area contributed by atoms with E-state index in [0.717, 1.165) is 7.11 Å². The molecule has 6 heteroatoms. The van der Waals surface area contributed by atoms with Crippen LogP contribution in [0, 0.1) is 0 Å². The number of hydrogen-bond acceptors (Lipinski definition) is 4. The predicted molar refractivity (Wildman–Crippen MR) is 42.2 cm³/mol. The molecule has 0 aromatic heterocycles. The lowest BCUT2D eigenvalue weighted by Gasteiger charge is -2.01. The second kappa shape index (κ2) is 7.96. The maximum atomic E-state index is 10.1. The summed E-state index contributed by atoms with van der Waals surface area (Å²) in [5.74, 6) is -1.64. The highest BCUT2D eigenvalue weighted by molar-refractivity contribution is 5.76. The fourth-order valence-electron chi connectivity index (χ4n) is 0.421. The van der Waals surface area contributed by atoms with Gasteiger partial charge < -0.3 is 21.7 Å². The molecule has 0 saturated heterocycles. The molecule has 0 unspecified atom stereocenters. The van der Waals surface area contributed by atoms with Crippen molar-refractivity contribution in [3.8, 4) is 0 Å². The van der Waals surface area contributed by atoms with Crippen LogP contribution in [0.1, 0.15) is 12.8 Å². The molecule has 6 nitrogen and oxygen atoms in total. The van der Waals surface area contributed by atoms with Crippen LogP contribution in [0.3, 0.4) is 0 Å². The topological polar surface area (TPSA) is 127 Å². The first-order valence-electron chi connectivity index (χ1n) is 3.25. The van der Waals surface area contributed by atoms with Gasteiger partial charge in [-0.25, -0.2) is 0 Å². The highest BCUT2D eigenvalue weighted by Crippen LogP contribution is 1.92. The molecule has 0 fully saturated rings. The second-order valence-electron chi connectivity index (χ2n) is 1.95. The van der Waals surface area contributed by atoms with Crippen LogP contribution in [0.5, 0.6) is 0 Å². The van der Waals surface area contributed by atoms with Crippen LogP contribution in [0.15, 0.2) is 0 Å². The van der Waals surface area contributed by atoms with E-state index in [1.54, 1.807) is 0 Å². The molecule has 0 aliphatic heterocycles. The Labute approximate surface area is 70.2 Å². The summed E-state index contributed by atoms with van der Waals surface area (Å²) >= 11 is 0. The first-order chi connectivity index (χ1) is 5.54. The number of rotatable bonds is 4. The molecule has 0 aromatic carbocycles. The van der Waals surface area contributed by atoms with Crippen molar-refractivity contribution in [1.82, 2.24) is 0 Å². The number of aliphatic hydroxyl groups is 1. The zero-order valence-corrected chi connectivity index (χ0v) is 6.86. The maximum Gasteiger partial charge on any atom is 0.320 e. The third-order valence-corrected chi connectivity index (χ3v) is 1.02. The molecule has 0 aliphatic rings. The third-order valence-electron chi connectivity index (χ3n) is 1.02. The van der Waals surface area contributed by atoms with Crippen molar-refractivity contribution in [3.63, 3.8) is 0 Å². The summed E-state index contributed by atoms with van der Waals surface area (Å²) in [5, 5.41) is 15.2. The minimum absolute atomic E-state index is 0.0213. The van der Waals surface area contributed by atoms with E-state index in [0.29, 0.717) is 0 Å². The SMILES string of the molecule is CO.NC(=O)CC[C@H](N)C(=O)O. The highest BCUT2D eigenvalue weighted by atomic mass is 16.4. The molecule has 0 rings (SSSR count). The van der Waals surface area contributed by atoms with Gasteiger partial charge in [0.1, 0.15) is 6.04 Å². The van der Waals surface area contributed by atoms with Crippen LogP contribution in [0.25, 0.3) is 0 Å². The molecule has 0 spiro atoms. The maximum absolute atomic E-state index is 10.1. The number of carboxylic acids is 1. The van der Waals surface area contributed by atoms with Gasteiger partial charge in [0.25, 0.3) is 0 Å². The van der Waals surface area contributed by atoms with E-state index in [1.807, 2.05) is 0 Å². The zero-order valence-electron chi connectivity index (χ0n) is 6.86. The normalized spacial score (nSPS) is 10.9. The van der Waals surface area contributed by atoms with Crippen LogP contribution in [0.2, 0.25) is 0 Å². The van der Waals surface area contributed by atoms with Crippen LogP contribution >= 0.6 is 0 Å². The number of amides is 1. The zero-order chi connectivity index (χ0) is 10.1. The Kier molecular flexibility index (Phi) is 8.92. The van der Waals surface area contributed by atoms with Gasteiger partial charge in [0, 0.05) is 13.5 Å². The average molecular weight is 178 g/mol. The van der Waals surface area contributed by atoms with Crippen molar-refractivity contribution >= 4 is 11.9 Å². The fraction of sp³-hybridized carbons (Fsp3) is 0.667. The number of primary amides is 1. The number of aliphatic carboxylic acids is 1. The molecule has 12 heavy (non-hydrogen) atoms. The van der Waals surface area contributed by atoms with Gasteiger partial charge in [-0.3, -0.25) is 9.59 Å². The lowest BCUT2D eigenvalue weighted by atomic mass is 10.2. The monoisotopic (exact) mass is 178 g/mol. The number of carbonyl (C=O) groups is 2. The first-order valence-corrected chi connectivity index (χ1v) is 3.25. The number of carboxylic acid groups (broad SMARTS) is 1. The van der Waals surface area contributed by atoms with Crippen molar-refractivity contribution in [1.29, 1.82) is 0 Å². The molecule has 0 aromatic rings. The Morgan fingerprint density at radius 1 is 1.42 bits per heavy atom. The van der Waals surface area contributed by atoms with Crippen LogP contribution in [0.4, 0.5) is 0 Å². The van der Waals surface area contributed by atoms with E-state index in [4.69, 9.17) is 21.7 Å². The summed E-state index contributed by atoms with van der Waals surface area (Å²) in [5.41, 5.74) is 9.81. The quantitative estimate of drug-likeness (QED) is 0.407.